The highest BCUT2D eigenvalue weighted by Crippen LogP contribution is 2.27. The van der Waals surface area contributed by atoms with Crippen LogP contribution in [0.25, 0.3) is 23.0 Å². The molecule has 0 unspecified atom stereocenters. The van der Waals surface area contributed by atoms with Crippen LogP contribution in [0.5, 0.6) is 0 Å². The molecule has 1 aromatic heterocycles. The quantitative estimate of drug-likeness (QED) is 0.328. The largest absolute Gasteiger partial charge is 0.321 e. The van der Waals surface area contributed by atoms with Gasteiger partial charge in [0.2, 0.25) is 0 Å². The second-order valence-electron chi connectivity index (χ2n) is 6.71. The van der Waals surface area contributed by atoms with Crippen LogP contribution in [0.2, 0.25) is 5.02 Å². The zero-order valence-corrected chi connectivity index (χ0v) is 17.1. The molecule has 150 valence electrons. The third kappa shape index (κ3) is 4.72. The van der Waals surface area contributed by atoms with Crippen LogP contribution in [0.1, 0.15) is 5.56 Å². The first-order valence-electron chi connectivity index (χ1n) is 9.53. The van der Waals surface area contributed by atoms with Crippen LogP contribution in [0.15, 0.2) is 96.7 Å². The summed E-state index contributed by atoms with van der Waals surface area (Å²) >= 11 is 6.03. The highest BCUT2D eigenvalue weighted by molar-refractivity contribution is 6.30. The maximum atomic E-state index is 12.7. The van der Waals surface area contributed by atoms with E-state index in [4.69, 9.17) is 16.7 Å². The number of amides is 1. The van der Waals surface area contributed by atoms with E-state index in [1.54, 1.807) is 41.2 Å². The van der Waals surface area contributed by atoms with Crippen molar-refractivity contribution in [2.24, 2.45) is 0 Å². The molecule has 0 spiro atoms. The van der Waals surface area contributed by atoms with E-state index >= 15 is 0 Å². The van der Waals surface area contributed by atoms with Gasteiger partial charge < -0.3 is 5.32 Å². The number of para-hydroxylation sites is 2. The van der Waals surface area contributed by atoms with Crippen molar-refractivity contribution >= 4 is 29.3 Å². The van der Waals surface area contributed by atoms with Gasteiger partial charge in [0.25, 0.3) is 5.91 Å². The SMILES string of the molecule is N#CC(=Cc1cn(-c2ccccc2)nc1-c1ccc(Cl)cc1)C(=O)Nc1ccccc1. The minimum Gasteiger partial charge on any atom is -0.321 e. The second kappa shape index (κ2) is 9.12. The van der Waals surface area contributed by atoms with E-state index in [-0.39, 0.29) is 5.57 Å². The number of hydrogen-bond acceptors (Lipinski definition) is 3. The predicted octanol–water partition coefficient (Wildman–Crippen LogP) is 5.74. The summed E-state index contributed by atoms with van der Waals surface area (Å²) in [5, 5.41) is 17.7. The molecule has 0 aliphatic carbocycles. The molecule has 0 atom stereocenters. The Balaban J connectivity index is 1.76. The van der Waals surface area contributed by atoms with Gasteiger partial charge in [-0.15, -0.1) is 0 Å². The molecule has 4 aromatic rings. The second-order valence-corrected chi connectivity index (χ2v) is 7.15. The molecule has 3 aromatic carbocycles. The minimum absolute atomic E-state index is 0.0216. The molecule has 31 heavy (non-hydrogen) atoms. The van der Waals surface area contributed by atoms with Crippen molar-refractivity contribution in [3.8, 4) is 23.0 Å². The molecule has 1 heterocycles. The number of nitrogens with one attached hydrogen (secondary N) is 1. The molecule has 0 bridgehead atoms. The molecular weight excluding hydrogens is 408 g/mol. The summed E-state index contributed by atoms with van der Waals surface area (Å²) in [6.45, 7) is 0. The van der Waals surface area contributed by atoms with Crippen molar-refractivity contribution < 1.29 is 4.79 Å². The van der Waals surface area contributed by atoms with Gasteiger partial charge in [-0.05, 0) is 42.5 Å². The maximum absolute atomic E-state index is 12.7. The first-order chi connectivity index (χ1) is 15.1. The van der Waals surface area contributed by atoms with Crippen molar-refractivity contribution in [3.63, 3.8) is 0 Å². The number of carbonyl (C=O) groups excluding carboxylic acids is 1. The van der Waals surface area contributed by atoms with Gasteiger partial charge in [-0.2, -0.15) is 10.4 Å². The lowest BCUT2D eigenvalue weighted by atomic mass is 10.1. The molecular formula is C25H17ClN4O. The fourth-order valence-electron chi connectivity index (χ4n) is 3.06. The Bertz CT molecular complexity index is 1270. The Morgan fingerprint density at radius 2 is 1.61 bits per heavy atom. The van der Waals surface area contributed by atoms with Gasteiger partial charge in [0.1, 0.15) is 11.6 Å². The molecule has 0 saturated heterocycles. The van der Waals surface area contributed by atoms with E-state index in [1.807, 2.05) is 66.7 Å². The fourth-order valence-corrected chi connectivity index (χ4v) is 3.19. The molecule has 0 saturated carbocycles. The summed E-state index contributed by atoms with van der Waals surface area (Å²) in [5.41, 5.74) is 3.57. The van der Waals surface area contributed by atoms with Crippen molar-refractivity contribution in [3.05, 3.63) is 107 Å². The molecule has 0 fully saturated rings. The average Bonchev–Trinajstić information content (AvgIpc) is 3.23. The Morgan fingerprint density at radius 1 is 0.968 bits per heavy atom. The highest BCUT2D eigenvalue weighted by atomic mass is 35.5. The zero-order chi connectivity index (χ0) is 21.6. The van der Waals surface area contributed by atoms with Gasteiger partial charge in [0, 0.05) is 28.0 Å². The number of carbonyl (C=O) groups is 1. The minimum atomic E-state index is -0.483. The van der Waals surface area contributed by atoms with Crippen LogP contribution in [0.3, 0.4) is 0 Å². The topological polar surface area (TPSA) is 70.7 Å². The van der Waals surface area contributed by atoms with Crippen molar-refractivity contribution in [2.45, 2.75) is 0 Å². The van der Waals surface area contributed by atoms with E-state index < -0.39 is 5.91 Å². The average molecular weight is 425 g/mol. The first-order valence-corrected chi connectivity index (χ1v) is 9.91. The summed E-state index contributed by atoms with van der Waals surface area (Å²) < 4.78 is 1.72. The first kappa shape index (κ1) is 20.1. The third-order valence-corrected chi connectivity index (χ3v) is 4.83. The number of nitriles is 1. The summed E-state index contributed by atoms with van der Waals surface area (Å²) in [5.74, 6) is -0.483. The van der Waals surface area contributed by atoms with E-state index in [9.17, 15) is 10.1 Å². The van der Waals surface area contributed by atoms with Crippen LogP contribution < -0.4 is 5.32 Å². The molecule has 1 N–H and O–H groups in total. The fraction of sp³-hybridized carbons (Fsp3) is 0. The van der Waals surface area contributed by atoms with Gasteiger partial charge in [0.15, 0.2) is 0 Å². The molecule has 0 aliphatic rings. The lowest BCUT2D eigenvalue weighted by Crippen LogP contribution is -2.13. The zero-order valence-electron chi connectivity index (χ0n) is 16.4. The smallest absolute Gasteiger partial charge is 0.266 e. The van der Waals surface area contributed by atoms with Crippen LogP contribution in [-0.4, -0.2) is 15.7 Å². The Morgan fingerprint density at radius 3 is 2.26 bits per heavy atom. The van der Waals surface area contributed by atoms with Crippen molar-refractivity contribution in [2.75, 3.05) is 5.32 Å². The van der Waals surface area contributed by atoms with Gasteiger partial charge in [-0.25, -0.2) is 4.68 Å². The standard InChI is InChI=1S/C25H17ClN4O/c26-21-13-11-18(12-14-21)24-20(17-30(29-24)23-9-5-2-6-10-23)15-19(16-27)25(31)28-22-7-3-1-4-8-22/h1-15,17H,(H,28,31). The lowest BCUT2D eigenvalue weighted by molar-refractivity contribution is -0.112. The van der Waals surface area contributed by atoms with Gasteiger partial charge in [-0.3, -0.25) is 4.79 Å². The highest BCUT2D eigenvalue weighted by Gasteiger charge is 2.15. The summed E-state index contributed by atoms with van der Waals surface area (Å²) in [7, 11) is 0. The molecule has 4 rings (SSSR count). The predicted molar refractivity (Wildman–Crippen MR) is 123 cm³/mol. The number of benzene rings is 3. The van der Waals surface area contributed by atoms with Crippen LogP contribution in [-0.2, 0) is 4.79 Å². The maximum Gasteiger partial charge on any atom is 0.266 e. The number of anilines is 1. The van der Waals surface area contributed by atoms with E-state index in [0.29, 0.717) is 22.0 Å². The molecule has 0 aliphatic heterocycles. The van der Waals surface area contributed by atoms with E-state index in [0.717, 1.165) is 11.3 Å². The number of hydrogen-bond donors (Lipinski definition) is 1. The molecule has 6 heteroatoms. The van der Waals surface area contributed by atoms with Gasteiger partial charge in [0.05, 0.1) is 11.4 Å². The third-order valence-electron chi connectivity index (χ3n) is 4.58. The summed E-state index contributed by atoms with van der Waals surface area (Å²) in [6.07, 6.45) is 3.35. The molecule has 5 nitrogen and oxygen atoms in total. The van der Waals surface area contributed by atoms with Gasteiger partial charge >= 0.3 is 0 Å². The normalized spacial score (nSPS) is 11.0. The number of rotatable bonds is 5. The molecule has 1 amide bonds. The molecule has 0 radical (unpaired) electrons. The van der Waals surface area contributed by atoms with E-state index in [2.05, 4.69) is 5.32 Å². The lowest BCUT2D eigenvalue weighted by Gasteiger charge is -2.04. The van der Waals surface area contributed by atoms with Crippen LogP contribution in [0.4, 0.5) is 5.69 Å². The Labute approximate surface area is 184 Å². The number of nitrogens with zero attached hydrogens (tertiary/aromatic N) is 3. The van der Waals surface area contributed by atoms with Crippen LogP contribution >= 0.6 is 11.6 Å². The number of halogens is 1. The van der Waals surface area contributed by atoms with Gasteiger partial charge in [-0.1, -0.05) is 60.1 Å². The summed E-state index contributed by atoms with van der Waals surface area (Å²) in [4.78, 5) is 12.7. The van der Waals surface area contributed by atoms with Crippen molar-refractivity contribution in [1.82, 2.24) is 9.78 Å². The Kier molecular flexibility index (Phi) is 5.93. The summed E-state index contributed by atoms with van der Waals surface area (Å²) in [6, 6.07) is 27.9. The Hall–Kier alpha value is -4.14. The van der Waals surface area contributed by atoms with E-state index in [1.165, 1.54) is 0 Å². The van der Waals surface area contributed by atoms with Crippen molar-refractivity contribution in [1.29, 1.82) is 5.26 Å². The monoisotopic (exact) mass is 424 g/mol. The number of aromatic nitrogens is 2. The van der Waals surface area contributed by atoms with Crippen LogP contribution in [0, 0.1) is 11.3 Å².